The third kappa shape index (κ3) is 4.21. The van der Waals surface area contributed by atoms with Gasteiger partial charge in [0.15, 0.2) is 5.88 Å². The highest BCUT2D eigenvalue weighted by molar-refractivity contribution is 6.00. The smallest absolute Gasteiger partial charge is 0.315 e. The maximum atomic E-state index is 12.1. The second-order valence-corrected chi connectivity index (χ2v) is 7.91. The lowest BCUT2D eigenvalue weighted by Crippen LogP contribution is -2.42. The molecule has 2 aromatic rings. The Morgan fingerprint density at radius 2 is 1.97 bits per heavy atom. The van der Waals surface area contributed by atoms with Gasteiger partial charge < -0.3 is 20.3 Å². The number of aromatic nitrogens is 1. The zero-order chi connectivity index (χ0) is 20.4. The van der Waals surface area contributed by atoms with Crippen molar-refractivity contribution in [3.8, 4) is 5.88 Å². The summed E-state index contributed by atoms with van der Waals surface area (Å²) in [5, 5.41) is 20.2. The molecule has 154 valence electrons. The first-order valence-electron chi connectivity index (χ1n) is 10.2. The second-order valence-electron chi connectivity index (χ2n) is 7.91. The van der Waals surface area contributed by atoms with E-state index in [9.17, 15) is 19.5 Å². The average molecular weight is 398 g/mol. The molecule has 1 saturated carbocycles. The highest BCUT2D eigenvalue weighted by Crippen LogP contribution is 2.33. The Morgan fingerprint density at radius 3 is 2.72 bits per heavy atom. The third-order valence-corrected chi connectivity index (χ3v) is 5.82. The summed E-state index contributed by atoms with van der Waals surface area (Å²) >= 11 is 0. The molecule has 1 aliphatic carbocycles. The number of carbonyl (C=O) groups excluding carboxylic acids is 3. The van der Waals surface area contributed by atoms with E-state index in [-0.39, 0.29) is 30.3 Å². The minimum atomic E-state index is -0.608. The minimum Gasteiger partial charge on any atom is -0.494 e. The molecule has 4 amide bonds. The van der Waals surface area contributed by atoms with Gasteiger partial charge in [-0.1, -0.05) is 25.3 Å². The van der Waals surface area contributed by atoms with E-state index in [4.69, 9.17) is 0 Å². The number of fused-ring (bicyclic) bond motifs is 1. The van der Waals surface area contributed by atoms with E-state index in [0.29, 0.717) is 18.4 Å². The molecular weight excluding hydrogens is 372 g/mol. The molecule has 1 saturated heterocycles. The zero-order valence-electron chi connectivity index (χ0n) is 16.2. The first kappa shape index (κ1) is 19.3. The number of carbonyl (C=O) groups is 3. The van der Waals surface area contributed by atoms with Gasteiger partial charge in [0, 0.05) is 36.0 Å². The predicted molar refractivity (Wildman–Crippen MR) is 107 cm³/mol. The molecule has 1 aromatic carbocycles. The summed E-state index contributed by atoms with van der Waals surface area (Å²) in [6.45, 7) is 0.374. The minimum absolute atomic E-state index is 0.00375. The van der Waals surface area contributed by atoms with Crippen LogP contribution in [0.25, 0.3) is 10.8 Å². The maximum absolute atomic E-state index is 12.1. The van der Waals surface area contributed by atoms with Crippen molar-refractivity contribution in [2.75, 3.05) is 0 Å². The number of urea groups is 1. The summed E-state index contributed by atoms with van der Waals surface area (Å²) in [7, 11) is 0. The fourth-order valence-electron chi connectivity index (χ4n) is 4.23. The number of hydrogen-bond donors (Lipinski definition) is 4. The zero-order valence-corrected chi connectivity index (χ0v) is 16.2. The van der Waals surface area contributed by atoms with Crippen molar-refractivity contribution < 1.29 is 19.5 Å². The van der Waals surface area contributed by atoms with Crippen LogP contribution in [-0.4, -0.2) is 33.6 Å². The Balaban J connectivity index is 1.43. The van der Waals surface area contributed by atoms with Crippen molar-refractivity contribution in [3.63, 3.8) is 0 Å². The molecule has 29 heavy (non-hydrogen) atoms. The van der Waals surface area contributed by atoms with Crippen molar-refractivity contribution in [3.05, 3.63) is 30.0 Å². The van der Waals surface area contributed by atoms with Gasteiger partial charge in [-0.2, -0.15) is 0 Å². The molecule has 0 spiro atoms. The summed E-state index contributed by atoms with van der Waals surface area (Å²) in [6, 6.07) is 4.99. The van der Waals surface area contributed by atoms with Crippen molar-refractivity contribution in [1.29, 1.82) is 0 Å². The number of piperidine rings is 1. The van der Waals surface area contributed by atoms with Gasteiger partial charge in [0.2, 0.25) is 11.8 Å². The number of nitrogens with zero attached hydrogens (tertiary/aromatic N) is 1. The van der Waals surface area contributed by atoms with Crippen LogP contribution in [0.15, 0.2) is 24.4 Å². The standard InChI is InChI=1S/C21H26N4O4/c26-18-9-8-17(19(27)24-18)25-12-14-10-13(6-7-16(14)20(25)28)11-22-21(29)23-15-4-2-1-3-5-15/h6-7,10,12,15,17,28H,1-5,8-9,11H2,(H2,22,23,29)(H,24,26,27). The summed E-state index contributed by atoms with van der Waals surface area (Å²) < 4.78 is 1.51. The Hall–Kier alpha value is -3.03. The summed E-state index contributed by atoms with van der Waals surface area (Å²) in [5.41, 5.74) is 0.900. The van der Waals surface area contributed by atoms with Gasteiger partial charge in [-0.15, -0.1) is 0 Å². The van der Waals surface area contributed by atoms with E-state index in [2.05, 4.69) is 16.0 Å². The summed E-state index contributed by atoms with van der Waals surface area (Å²) in [4.78, 5) is 35.6. The number of imide groups is 1. The molecule has 0 radical (unpaired) electrons. The topological polar surface area (TPSA) is 112 Å². The first-order chi connectivity index (χ1) is 14.0. The van der Waals surface area contributed by atoms with E-state index < -0.39 is 11.9 Å². The molecule has 1 aromatic heterocycles. The fourth-order valence-corrected chi connectivity index (χ4v) is 4.23. The number of hydrogen-bond acceptors (Lipinski definition) is 4. The van der Waals surface area contributed by atoms with Crippen LogP contribution in [0.1, 0.15) is 56.6 Å². The Bertz CT molecular complexity index is 946. The third-order valence-electron chi connectivity index (χ3n) is 5.82. The number of amides is 4. The Labute approximate surface area is 168 Å². The Morgan fingerprint density at radius 1 is 1.17 bits per heavy atom. The van der Waals surface area contributed by atoms with Gasteiger partial charge in [-0.05, 0) is 37.0 Å². The highest BCUT2D eigenvalue weighted by Gasteiger charge is 2.30. The quantitative estimate of drug-likeness (QED) is 0.593. The predicted octanol–water partition coefficient (Wildman–Crippen LogP) is 2.46. The van der Waals surface area contributed by atoms with Gasteiger partial charge in [0.05, 0.1) is 0 Å². The van der Waals surface area contributed by atoms with E-state index in [1.165, 1.54) is 11.0 Å². The number of nitrogens with one attached hydrogen (secondary N) is 3. The lowest BCUT2D eigenvalue weighted by molar-refractivity contribution is -0.135. The molecule has 4 rings (SSSR count). The van der Waals surface area contributed by atoms with Crippen LogP contribution in [0.2, 0.25) is 0 Å². The number of benzene rings is 1. The van der Waals surface area contributed by atoms with Crippen LogP contribution in [0.4, 0.5) is 4.79 Å². The van der Waals surface area contributed by atoms with E-state index in [1.807, 2.05) is 12.1 Å². The van der Waals surface area contributed by atoms with Crippen molar-refractivity contribution in [2.24, 2.45) is 0 Å². The van der Waals surface area contributed by atoms with Crippen LogP contribution in [0.5, 0.6) is 5.88 Å². The first-order valence-corrected chi connectivity index (χ1v) is 10.2. The molecule has 2 fully saturated rings. The lowest BCUT2D eigenvalue weighted by atomic mass is 9.96. The van der Waals surface area contributed by atoms with Crippen molar-refractivity contribution in [1.82, 2.24) is 20.5 Å². The molecule has 8 heteroatoms. The van der Waals surface area contributed by atoms with Crippen molar-refractivity contribution >= 4 is 28.6 Å². The molecule has 1 unspecified atom stereocenters. The van der Waals surface area contributed by atoms with Crippen LogP contribution in [0.3, 0.4) is 0 Å². The summed E-state index contributed by atoms with van der Waals surface area (Å²) in [6.07, 6.45) is 7.95. The molecule has 0 bridgehead atoms. The van der Waals surface area contributed by atoms with Gasteiger partial charge in [-0.25, -0.2) is 4.79 Å². The van der Waals surface area contributed by atoms with Crippen LogP contribution < -0.4 is 16.0 Å². The molecular formula is C21H26N4O4. The van der Waals surface area contributed by atoms with E-state index in [0.717, 1.165) is 36.6 Å². The Kier molecular flexibility index (Phi) is 5.42. The fraction of sp³-hybridized carbons (Fsp3) is 0.476. The number of rotatable bonds is 4. The van der Waals surface area contributed by atoms with Gasteiger partial charge in [0.1, 0.15) is 6.04 Å². The maximum Gasteiger partial charge on any atom is 0.315 e. The van der Waals surface area contributed by atoms with Crippen LogP contribution in [0, 0.1) is 0 Å². The van der Waals surface area contributed by atoms with Gasteiger partial charge >= 0.3 is 6.03 Å². The largest absolute Gasteiger partial charge is 0.494 e. The summed E-state index contributed by atoms with van der Waals surface area (Å²) in [5.74, 6) is -0.690. The van der Waals surface area contributed by atoms with Gasteiger partial charge in [0.25, 0.3) is 0 Å². The van der Waals surface area contributed by atoms with E-state index in [1.54, 1.807) is 12.3 Å². The SMILES string of the molecule is O=C1CCC(n2cc3cc(CNC(=O)NC4CCCCC4)ccc3c2O)C(=O)N1. The van der Waals surface area contributed by atoms with Crippen molar-refractivity contribution in [2.45, 2.75) is 63.6 Å². The second kappa shape index (κ2) is 8.14. The molecule has 4 N–H and O–H groups in total. The lowest BCUT2D eigenvalue weighted by Gasteiger charge is -2.22. The van der Waals surface area contributed by atoms with Crippen LogP contribution >= 0.6 is 0 Å². The highest BCUT2D eigenvalue weighted by atomic mass is 16.3. The average Bonchev–Trinajstić information content (AvgIpc) is 3.03. The monoisotopic (exact) mass is 398 g/mol. The van der Waals surface area contributed by atoms with Gasteiger partial charge in [-0.3, -0.25) is 14.9 Å². The number of aromatic hydroxyl groups is 1. The van der Waals surface area contributed by atoms with Crippen LogP contribution in [-0.2, 0) is 16.1 Å². The molecule has 1 atom stereocenters. The normalized spacial score (nSPS) is 20.5. The molecule has 8 nitrogen and oxygen atoms in total. The molecule has 2 aliphatic rings. The molecule has 2 heterocycles. The van der Waals surface area contributed by atoms with E-state index >= 15 is 0 Å². The molecule has 1 aliphatic heterocycles.